The van der Waals surface area contributed by atoms with Crippen LogP contribution in [-0.2, 0) is 9.53 Å². The van der Waals surface area contributed by atoms with E-state index in [0.29, 0.717) is 0 Å². The van der Waals surface area contributed by atoms with Crippen molar-refractivity contribution in [3.63, 3.8) is 0 Å². The molecule has 0 amide bonds. The molecule has 1 heterocycles. The van der Waals surface area contributed by atoms with Crippen molar-refractivity contribution in [3.05, 3.63) is 0 Å². The molecule has 0 aromatic heterocycles. The quantitative estimate of drug-likeness (QED) is 0.728. The number of ether oxygens (including phenoxy) is 1. The molecule has 0 saturated carbocycles. The molecule has 0 spiro atoms. The van der Waals surface area contributed by atoms with E-state index in [1.54, 1.807) is 0 Å². The van der Waals surface area contributed by atoms with E-state index in [9.17, 15) is 9.90 Å². The molecule has 17 heavy (non-hydrogen) atoms. The molecule has 1 rings (SSSR count). The first-order chi connectivity index (χ1) is 7.87. The van der Waals surface area contributed by atoms with Gasteiger partial charge in [-0.1, -0.05) is 47.5 Å². The van der Waals surface area contributed by atoms with Crippen LogP contribution in [0.3, 0.4) is 0 Å². The number of cyclic esters (lactones) is 1. The van der Waals surface area contributed by atoms with Crippen molar-refractivity contribution in [2.45, 2.75) is 66.1 Å². The summed E-state index contributed by atoms with van der Waals surface area (Å²) in [7, 11) is 0. The van der Waals surface area contributed by atoms with Gasteiger partial charge in [0.2, 0.25) is 0 Å². The number of hydrogen-bond acceptors (Lipinski definition) is 3. The highest BCUT2D eigenvalue weighted by Gasteiger charge is 2.62. The Morgan fingerprint density at radius 3 is 2.29 bits per heavy atom. The van der Waals surface area contributed by atoms with Crippen LogP contribution in [0.15, 0.2) is 0 Å². The molecule has 1 unspecified atom stereocenters. The minimum atomic E-state index is -0.654. The zero-order valence-corrected chi connectivity index (χ0v) is 11.7. The second kappa shape index (κ2) is 5.38. The summed E-state index contributed by atoms with van der Waals surface area (Å²) in [6.07, 6.45) is 2.01. The standard InChI is InChI=1S/C14H26O3/c1-6-7-8-14(11(15)9(2)3)12(10(4)5)17-13(14)16/h9-12,15H,6-8H2,1-5H3/t11?,12-,14-/m0/s1. The van der Waals surface area contributed by atoms with Crippen LogP contribution in [0.25, 0.3) is 0 Å². The van der Waals surface area contributed by atoms with Crippen LogP contribution in [0.4, 0.5) is 0 Å². The van der Waals surface area contributed by atoms with Crippen molar-refractivity contribution in [3.8, 4) is 0 Å². The largest absolute Gasteiger partial charge is 0.460 e. The molecule has 0 bridgehead atoms. The van der Waals surface area contributed by atoms with Crippen molar-refractivity contribution >= 4 is 5.97 Å². The van der Waals surface area contributed by atoms with Gasteiger partial charge in [0.05, 0.1) is 6.10 Å². The second-order valence-corrected chi connectivity index (χ2v) is 5.90. The van der Waals surface area contributed by atoms with Crippen LogP contribution in [0.2, 0.25) is 0 Å². The van der Waals surface area contributed by atoms with E-state index in [0.717, 1.165) is 19.3 Å². The third kappa shape index (κ3) is 2.35. The summed E-state index contributed by atoms with van der Waals surface area (Å²) in [5.41, 5.74) is -0.654. The highest BCUT2D eigenvalue weighted by Crippen LogP contribution is 2.49. The fraction of sp³-hybridized carbons (Fsp3) is 0.929. The van der Waals surface area contributed by atoms with Gasteiger partial charge in [0.1, 0.15) is 11.5 Å². The minimum Gasteiger partial charge on any atom is -0.460 e. The zero-order valence-electron chi connectivity index (χ0n) is 11.7. The predicted octanol–water partition coefficient (Wildman–Crippen LogP) is 2.76. The lowest BCUT2D eigenvalue weighted by molar-refractivity contribution is -0.240. The maximum atomic E-state index is 11.9. The highest BCUT2D eigenvalue weighted by atomic mass is 16.6. The minimum absolute atomic E-state index is 0.0842. The molecule has 1 N–H and O–H groups in total. The van der Waals surface area contributed by atoms with Crippen molar-refractivity contribution < 1.29 is 14.6 Å². The molecule has 3 atom stereocenters. The van der Waals surface area contributed by atoms with Crippen molar-refractivity contribution in [1.29, 1.82) is 0 Å². The topological polar surface area (TPSA) is 46.5 Å². The molecular formula is C14H26O3. The Balaban J connectivity index is 2.95. The molecule has 1 aliphatic heterocycles. The van der Waals surface area contributed by atoms with E-state index < -0.39 is 11.5 Å². The normalized spacial score (nSPS) is 30.4. The first-order valence-electron chi connectivity index (χ1n) is 6.77. The summed E-state index contributed by atoms with van der Waals surface area (Å²) in [6, 6.07) is 0. The van der Waals surface area contributed by atoms with Crippen LogP contribution < -0.4 is 0 Å². The zero-order chi connectivity index (χ0) is 13.2. The summed E-state index contributed by atoms with van der Waals surface area (Å²) in [6.45, 7) is 10.1. The third-order valence-electron chi connectivity index (χ3n) is 3.83. The van der Waals surface area contributed by atoms with Gasteiger partial charge in [-0.05, 0) is 18.3 Å². The van der Waals surface area contributed by atoms with Gasteiger partial charge in [-0.2, -0.15) is 0 Å². The Morgan fingerprint density at radius 2 is 1.94 bits per heavy atom. The monoisotopic (exact) mass is 242 g/mol. The lowest BCUT2D eigenvalue weighted by atomic mass is 9.63. The number of aliphatic hydroxyl groups excluding tert-OH is 1. The summed E-state index contributed by atoms with van der Waals surface area (Å²) in [5, 5.41) is 10.4. The molecule has 0 aromatic carbocycles. The van der Waals surface area contributed by atoms with Gasteiger partial charge < -0.3 is 9.84 Å². The second-order valence-electron chi connectivity index (χ2n) is 5.90. The molecule has 0 aliphatic carbocycles. The Morgan fingerprint density at radius 1 is 1.35 bits per heavy atom. The van der Waals surface area contributed by atoms with Gasteiger partial charge in [0, 0.05) is 0 Å². The van der Waals surface area contributed by atoms with E-state index in [1.807, 2.05) is 27.7 Å². The number of esters is 1. The first-order valence-corrected chi connectivity index (χ1v) is 6.77. The highest BCUT2D eigenvalue weighted by molar-refractivity contribution is 5.84. The summed E-state index contributed by atoms with van der Waals surface area (Å²) >= 11 is 0. The lowest BCUT2D eigenvalue weighted by Crippen LogP contribution is -2.65. The Hall–Kier alpha value is -0.570. The maximum absolute atomic E-state index is 11.9. The van der Waals surface area contributed by atoms with Crippen LogP contribution >= 0.6 is 0 Å². The molecule has 1 saturated heterocycles. The molecule has 3 nitrogen and oxygen atoms in total. The average molecular weight is 242 g/mol. The first kappa shape index (κ1) is 14.5. The van der Waals surface area contributed by atoms with Crippen LogP contribution in [0, 0.1) is 17.3 Å². The lowest BCUT2D eigenvalue weighted by Gasteiger charge is -2.52. The van der Waals surface area contributed by atoms with Crippen LogP contribution in [0.1, 0.15) is 53.9 Å². The van der Waals surface area contributed by atoms with E-state index >= 15 is 0 Å². The molecule has 0 radical (unpaired) electrons. The Kier molecular flexibility index (Phi) is 4.59. The van der Waals surface area contributed by atoms with Crippen molar-refractivity contribution in [2.24, 2.45) is 17.3 Å². The smallest absolute Gasteiger partial charge is 0.318 e. The van der Waals surface area contributed by atoms with Crippen LogP contribution in [-0.4, -0.2) is 23.3 Å². The molecule has 0 aromatic rings. The summed E-state index contributed by atoms with van der Waals surface area (Å²) in [4.78, 5) is 11.9. The third-order valence-corrected chi connectivity index (χ3v) is 3.83. The van der Waals surface area contributed by atoms with Gasteiger partial charge in [0.15, 0.2) is 0 Å². The van der Waals surface area contributed by atoms with Crippen molar-refractivity contribution in [1.82, 2.24) is 0 Å². The van der Waals surface area contributed by atoms with E-state index in [1.165, 1.54) is 0 Å². The van der Waals surface area contributed by atoms with Gasteiger partial charge in [-0.15, -0.1) is 0 Å². The number of carbonyl (C=O) groups is 1. The van der Waals surface area contributed by atoms with Gasteiger partial charge in [-0.3, -0.25) is 4.79 Å². The Labute approximate surface area is 105 Å². The van der Waals surface area contributed by atoms with Crippen LogP contribution in [0.5, 0.6) is 0 Å². The fourth-order valence-corrected chi connectivity index (χ4v) is 2.86. The molecule has 1 aliphatic rings. The average Bonchev–Trinajstić information content (AvgIpc) is 2.25. The van der Waals surface area contributed by atoms with Crippen molar-refractivity contribution in [2.75, 3.05) is 0 Å². The van der Waals surface area contributed by atoms with E-state index in [-0.39, 0.29) is 23.9 Å². The molecule has 3 heteroatoms. The van der Waals surface area contributed by atoms with Gasteiger partial charge in [0.25, 0.3) is 0 Å². The SMILES string of the molecule is CCCC[C@@]1(C(O)C(C)C)C(=O)O[C@H]1C(C)C. The summed E-state index contributed by atoms with van der Waals surface area (Å²) in [5.74, 6) is 0.143. The Bertz CT molecular complexity index is 261. The summed E-state index contributed by atoms with van der Waals surface area (Å²) < 4.78 is 5.29. The molecular weight excluding hydrogens is 216 g/mol. The number of hydrogen-bond donors (Lipinski definition) is 1. The predicted molar refractivity (Wildman–Crippen MR) is 67.5 cm³/mol. The maximum Gasteiger partial charge on any atom is 0.318 e. The number of rotatable bonds is 6. The van der Waals surface area contributed by atoms with Gasteiger partial charge in [-0.25, -0.2) is 0 Å². The molecule has 100 valence electrons. The van der Waals surface area contributed by atoms with E-state index in [4.69, 9.17) is 4.74 Å². The van der Waals surface area contributed by atoms with E-state index in [2.05, 4.69) is 6.92 Å². The number of aliphatic hydroxyl groups is 1. The van der Waals surface area contributed by atoms with Gasteiger partial charge >= 0.3 is 5.97 Å². The number of unbranched alkanes of at least 4 members (excludes halogenated alkanes) is 1. The molecule has 1 fully saturated rings. The fourth-order valence-electron chi connectivity index (χ4n) is 2.86. The number of carbonyl (C=O) groups excluding carboxylic acids is 1.